The lowest BCUT2D eigenvalue weighted by atomic mass is 9.82. The van der Waals surface area contributed by atoms with Crippen LogP contribution in [-0.2, 0) is 0 Å². The highest BCUT2D eigenvalue weighted by Crippen LogP contribution is 2.42. The molecule has 5 aromatic rings. The average Bonchev–Trinajstić information content (AvgIpc) is 3.20. The molecule has 2 nitrogen and oxygen atoms in total. The highest BCUT2D eigenvalue weighted by atomic mass is 14.7. The summed E-state index contributed by atoms with van der Waals surface area (Å²) >= 11 is 0. The molecule has 0 saturated carbocycles. The van der Waals surface area contributed by atoms with Crippen LogP contribution in [0.5, 0.6) is 0 Å². The van der Waals surface area contributed by atoms with E-state index < -0.39 is 0 Å². The molecule has 2 heteroatoms. The summed E-state index contributed by atoms with van der Waals surface area (Å²) in [6.07, 6.45) is 0. The van der Waals surface area contributed by atoms with Crippen LogP contribution in [0.15, 0.2) is 78.9 Å². The maximum absolute atomic E-state index is 3.60. The Morgan fingerprint density at radius 2 is 1.00 bits per heavy atom. The average molecular weight is 350 g/mol. The van der Waals surface area contributed by atoms with Crippen molar-refractivity contribution in [2.45, 2.75) is 19.8 Å². The molecule has 0 aliphatic heterocycles. The van der Waals surface area contributed by atoms with E-state index in [-0.39, 0.29) is 5.92 Å². The van der Waals surface area contributed by atoms with Gasteiger partial charge in [-0.3, -0.25) is 0 Å². The number of aromatic amines is 2. The Morgan fingerprint density at radius 3 is 1.52 bits per heavy atom. The van der Waals surface area contributed by atoms with Gasteiger partial charge >= 0.3 is 0 Å². The number of benzene rings is 3. The Balaban J connectivity index is 1.88. The number of fused-ring (bicyclic) bond motifs is 2. The second-order valence-corrected chi connectivity index (χ2v) is 7.26. The van der Waals surface area contributed by atoms with Crippen LogP contribution >= 0.6 is 0 Å². The number of rotatable bonds is 3. The standard InChI is InChI=1S/C25H22N2/c1-16-23(19-12-6-8-14-21(19)26-16)25(18-10-4-3-5-11-18)24-17(2)27-22-15-9-7-13-20(22)24/h3-15,25-27H,1-2H3. The van der Waals surface area contributed by atoms with E-state index in [1.165, 1.54) is 49.9 Å². The van der Waals surface area contributed by atoms with Crippen LogP contribution in [0.3, 0.4) is 0 Å². The topological polar surface area (TPSA) is 31.6 Å². The molecule has 0 saturated heterocycles. The third-order valence-corrected chi connectivity index (χ3v) is 5.60. The van der Waals surface area contributed by atoms with Gasteiger partial charge in [-0.2, -0.15) is 0 Å². The first-order chi connectivity index (χ1) is 13.2. The molecule has 2 heterocycles. The summed E-state index contributed by atoms with van der Waals surface area (Å²) in [5, 5.41) is 2.60. The number of H-pyrrole nitrogens is 2. The second-order valence-electron chi connectivity index (χ2n) is 7.26. The molecule has 132 valence electrons. The summed E-state index contributed by atoms with van der Waals surface area (Å²) in [6, 6.07) is 28.1. The van der Waals surface area contributed by atoms with Crippen molar-refractivity contribution >= 4 is 21.8 Å². The number of hydrogen-bond acceptors (Lipinski definition) is 0. The zero-order valence-corrected chi connectivity index (χ0v) is 15.6. The molecule has 0 spiro atoms. The van der Waals surface area contributed by atoms with Crippen LogP contribution in [0, 0.1) is 13.8 Å². The molecule has 0 amide bonds. The van der Waals surface area contributed by atoms with E-state index in [0.29, 0.717) is 0 Å². The molecule has 0 unspecified atom stereocenters. The van der Waals surface area contributed by atoms with Crippen molar-refractivity contribution < 1.29 is 0 Å². The summed E-state index contributed by atoms with van der Waals surface area (Å²) in [5.41, 5.74) is 8.91. The normalized spacial score (nSPS) is 11.7. The predicted octanol–water partition coefficient (Wildman–Crippen LogP) is 6.45. The van der Waals surface area contributed by atoms with Crippen molar-refractivity contribution in [1.82, 2.24) is 9.97 Å². The van der Waals surface area contributed by atoms with Gasteiger partial charge in [0.2, 0.25) is 0 Å². The van der Waals surface area contributed by atoms with Crippen molar-refractivity contribution in [3.63, 3.8) is 0 Å². The molecule has 2 N–H and O–H groups in total. The minimum Gasteiger partial charge on any atom is -0.358 e. The highest BCUT2D eigenvalue weighted by molar-refractivity contribution is 5.90. The third-order valence-electron chi connectivity index (χ3n) is 5.60. The van der Waals surface area contributed by atoms with E-state index >= 15 is 0 Å². The van der Waals surface area contributed by atoms with Gasteiger partial charge in [-0.15, -0.1) is 0 Å². The first kappa shape index (κ1) is 16.0. The number of hydrogen-bond donors (Lipinski definition) is 2. The van der Waals surface area contributed by atoms with Gasteiger partial charge in [-0.25, -0.2) is 0 Å². The van der Waals surface area contributed by atoms with Crippen LogP contribution in [0.1, 0.15) is 34.0 Å². The van der Waals surface area contributed by atoms with E-state index in [9.17, 15) is 0 Å². The van der Waals surface area contributed by atoms with Crippen molar-refractivity contribution in [2.24, 2.45) is 0 Å². The van der Waals surface area contributed by atoms with Gasteiger partial charge < -0.3 is 9.97 Å². The number of aryl methyl sites for hydroxylation is 2. The Morgan fingerprint density at radius 1 is 0.556 bits per heavy atom. The first-order valence-corrected chi connectivity index (χ1v) is 9.43. The van der Waals surface area contributed by atoms with E-state index in [0.717, 1.165) is 0 Å². The molecule has 0 radical (unpaired) electrons. The molecule has 0 aliphatic carbocycles. The predicted molar refractivity (Wildman–Crippen MR) is 113 cm³/mol. The smallest absolute Gasteiger partial charge is 0.0459 e. The van der Waals surface area contributed by atoms with Crippen molar-refractivity contribution in [3.05, 3.63) is 107 Å². The molecular weight excluding hydrogens is 328 g/mol. The number of aromatic nitrogens is 2. The zero-order chi connectivity index (χ0) is 18.4. The van der Waals surface area contributed by atoms with E-state index in [1.54, 1.807) is 0 Å². The van der Waals surface area contributed by atoms with Gasteiger partial charge in [-0.1, -0.05) is 66.7 Å². The van der Waals surface area contributed by atoms with Crippen LogP contribution in [0.4, 0.5) is 0 Å². The lowest BCUT2D eigenvalue weighted by Gasteiger charge is -2.20. The molecular formula is C25H22N2. The molecule has 0 bridgehead atoms. The second kappa shape index (κ2) is 6.17. The molecule has 2 aromatic heterocycles. The molecule has 0 aliphatic rings. The van der Waals surface area contributed by atoms with Gasteiger partial charge in [0.05, 0.1) is 0 Å². The SMILES string of the molecule is Cc1[nH]c2ccccc2c1C(c1ccccc1)c1c(C)[nH]c2ccccc12. The summed E-state index contributed by atoms with van der Waals surface area (Å²) in [6.45, 7) is 4.38. The quantitative estimate of drug-likeness (QED) is 0.375. The minimum atomic E-state index is 0.179. The monoisotopic (exact) mass is 350 g/mol. The fourth-order valence-electron chi connectivity index (χ4n) is 4.46. The summed E-state index contributed by atoms with van der Waals surface area (Å²) < 4.78 is 0. The minimum absolute atomic E-state index is 0.179. The van der Waals surface area contributed by atoms with E-state index in [1.807, 2.05) is 0 Å². The zero-order valence-electron chi connectivity index (χ0n) is 15.6. The number of nitrogens with one attached hydrogen (secondary N) is 2. The summed E-state index contributed by atoms with van der Waals surface area (Å²) in [4.78, 5) is 7.19. The molecule has 0 fully saturated rings. The van der Waals surface area contributed by atoms with Gasteiger partial charge in [0, 0.05) is 39.1 Å². The van der Waals surface area contributed by atoms with Crippen LogP contribution in [-0.4, -0.2) is 9.97 Å². The summed E-state index contributed by atoms with van der Waals surface area (Å²) in [7, 11) is 0. The molecule has 0 atom stereocenters. The van der Waals surface area contributed by atoms with Crippen molar-refractivity contribution in [2.75, 3.05) is 0 Å². The van der Waals surface area contributed by atoms with Gasteiger partial charge in [-0.05, 0) is 42.7 Å². The first-order valence-electron chi connectivity index (χ1n) is 9.43. The van der Waals surface area contributed by atoms with Crippen molar-refractivity contribution in [1.29, 1.82) is 0 Å². The van der Waals surface area contributed by atoms with Gasteiger partial charge in [0.25, 0.3) is 0 Å². The third kappa shape index (κ3) is 2.48. The van der Waals surface area contributed by atoms with Crippen LogP contribution < -0.4 is 0 Å². The maximum atomic E-state index is 3.60. The molecule has 5 rings (SSSR count). The van der Waals surface area contributed by atoms with Gasteiger partial charge in [0.15, 0.2) is 0 Å². The van der Waals surface area contributed by atoms with E-state index in [4.69, 9.17) is 0 Å². The lowest BCUT2D eigenvalue weighted by molar-refractivity contribution is 0.962. The fraction of sp³-hybridized carbons (Fsp3) is 0.120. The highest BCUT2D eigenvalue weighted by Gasteiger charge is 2.26. The van der Waals surface area contributed by atoms with E-state index in [2.05, 4.69) is 103 Å². The Kier molecular flexibility index (Phi) is 3.64. The Bertz CT molecular complexity index is 1160. The molecule has 3 aromatic carbocycles. The largest absolute Gasteiger partial charge is 0.358 e. The fourth-order valence-corrected chi connectivity index (χ4v) is 4.46. The molecule has 27 heavy (non-hydrogen) atoms. The van der Waals surface area contributed by atoms with Crippen LogP contribution in [0.2, 0.25) is 0 Å². The Hall–Kier alpha value is -3.26. The Labute approximate surface area is 158 Å². The van der Waals surface area contributed by atoms with Crippen molar-refractivity contribution in [3.8, 4) is 0 Å². The number of para-hydroxylation sites is 2. The van der Waals surface area contributed by atoms with Gasteiger partial charge in [0.1, 0.15) is 0 Å². The summed E-state index contributed by atoms with van der Waals surface area (Å²) in [5.74, 6) is 0.179. The maximum Gasteiger partial charge on any atom is 0.0459 e. The lowest BCUT2D eigenvalue weighted by Crippen LogP contribution is -2.05. The van der Waals surface area contributed by atoms with Crippen LogP contribution in [0.25, 0.3) is 21.8 Å².